The molecular weight excluding hydrogens is 474 g/mol. The molecule has 2 aromatic carbocycles. The predicted octanol–water partition coefficient (Wildman–Crippen LogP) is 4.88. The molecule has 4 nitrogen and oxygen atoms in total. The van der Waals surface area contributed by atoms with Crippen LogP contribution in [0, 0.1) is 17.6 Å². The standard InChI is InChI=1S/C22H21BrF2N2O2S/c1-13-18-10-16(11-23)29-12-22(18,17-8-7-15(24)9-19(17)25)27-21(30-13)26-20(28)14-5-3-2-4-6-14/h2-9,13,16,18H,10-12H2,1H3,(H,26,27,28)/t13-,16-,18+,22-/m1/s1. The first-order valence-corrected chi connectivity index (χ1v) is 11.7. The third-order valence-corrected chi connectivity index (χ3v) is 7.50. The number of halogens is 3. The molecule has 1 saturated heterocycles. The number of hydrogen-bond donors (Lipinski definition) is 1. The Morgan fingerprint density at radius 2 is 2.07 bits per heavy atom. The Bertz CT molecular complexity index is 975. The number of fused-ring (bicyclic) bond motifs is 1. The Balaban J connectivity index is 1.75. The third-order valence-electron chi connectivity index (χ3n) is 5.66. The van der Waals surface area contributed by atoms with Crippen LogP contribution in [-0.2, 0) is 10.3 Å². The van der Waals surface area contributed by atoms with Crippen LogP contribution in [-0.4, -0.2) is 34.4 Å². The number of rotatable bonds is 3. The zero-order valence-electron chi connectivity index (χ0n) is 16.3. The Hall–Kier alpha value is -1.77. The van der Waals surface area contributed by atoms with Crippen LogP contribution in [0.2, 0.25) is 0 Å². The molecule has 0 unspecified atom stereocenters. The summed E-state index contributed by atoms with van der Waals surface area (Å²) in [6, 6.07) is 12.4. The molecule has 2 aliphatic rings. The Morgan fingerprint density at radius 3 is 2.77 bits per heavy atom. The van der Waals surface area contributed by atoms with E-state index in [1.807, 2.05) is 13.0 Å². The second-order valence-corrected chi connectivity index (χ2v) is 9.55. The van der Waals surface area contributed by atoms with E-state index in [0.717, 1.165) is 6.07 Å². The minimum atomic E-state index is -1.03. The van der Waals surface area contributed by atoms with Gasteiger partial charge in [-0.1, -0.05) is 58.9 Å². The molecule has 0 bridgehead atoms. The fourth-order valence-corrected chi connectivity index (χ4v) is 5.83. The average molecular weight is 495 g/mol. The predicted molar refractivity (Wildman–Crippen MR) is 118 cm³/mol. The highest BCUT2D eigenvalue weighted by Crippen LogP contribution is 2.50. The number of amidine groups is 1. The first-order chi connectivity index (χ1) is 14.4. The van der Waals surface area contributed by atoms with Gasteiger partial charge in [0.05, 0.1) is 12.7 Å². The van der Waals surface area contributed by atoms with Crippen LogP contribution in [0.25, 0.3) is 0 Å². The molecule has 1 amide bonds. The third kappa shape index (κ3) is 4.05. The van der Waals surface area contributed by atoms with Gasteiger partial charge in [0.15, 0.2) is 5.17 Å². The molecule has 0 aliphatic carbocycles. The van der Waals surface area contributed by atoms with Crippen molar-refractivity contribution in [3.63, 3.8) is 0 Å². The van der Waals surface area contributed by atoms with E-state index in [1.165, 1.54) is 23.9 Å². The van der Waals surface area contributed by atoms with Crippen molar-refractivity contribution >= 4 is 38.8 Å². The number of alkyl halides is 1. The zero-order valence-corrected chi connectivity index (χ0v) is 18.7. The molecule has 2 aliphatic heterocycles. The summed E-state index contributed by atoms with van der Waals surface area (Å²) in [6.45, 7) is 2.21. The summed E-state index contributed by atoms with van der Waals surface area (Å²) in [4.78, 5) is 17.5. The molecule has 2 aromatic rings. The van der Waals surface area contributed by atoms with Gasteiger partial charge in [0.25, 0.3) is 5.91 Å². The zero-order chi connectivity index (χ0) is 21.3. The van der Waals surface area contributed by atoms with Gasteiger partial charge in [0, 0.05) is 33.7 Å². The lowest BCUT2D eigenvalue weighted by molar-refractivity contribution is -0.0508. The molecule has 0 saturated carbocycles. The summed E-state index contributed by atoms with van der Waals surface area (Å²) in [5, 5.41) is 3.99. The van der Waals surface area contributed by atoms with Gasteiger partial charge in [-0.15, -0.1) is 0 Å². The SMILES string of the molecule is C[C@H]1SC(NC(=O)c2ccccc2)=N[C@@]2(c3ccc(F)cc3F)CO[C@@H](CBr)C[C@@H]12. The van der Waals surface area contributed by atoms with Crippen molar-refractivity contribution in [3.8, 4) is 0 Å². The van der Waals surface area contributed by atoms with Gasteiger partial charge in [0.2, 0.25) is 0 Å². The van der Waals surface area contributed by atoms with Crippen LogP contribution in [0.4, 0.5) is 8.78 Å². The van der Waals surface area contributed by atoms with Gasteiger partial charge in [-0.2, -0.15) is 0 Å². The van der Waals surface area contributed by atoms with Gasteiger partial charge in [0.1, 0.15) is 17.2 Å². The van der Waals surface area contributed by atoms with E-state index in [1.54, 1.807) is 24.3 Å². The minimum absolute atomic E-state index is 0.00894. The van der Waals surface area contributed by atoms with Crippen molar-refractivity contribution in [2.45, 2.75) is 30.2 Å². The number of nitrogens with zero attached hydrogens (tertiary/aromatic N) is 1. The van der Waals surface area contributed by atoms with Crippen LogP contribution in [0.5, 0.6) is 0 Å². The van der Waals surface area contributed by atoms with E-state index in [2.05, 4.69) is 21.2 Å². The van der Waals surface area contributed by atoms with Crippen molar-refractivity contribution in [3.05, 3.63) is 71.3 Å². The van der Waals surface area contributed by atoms with Crippen LogP contribution >= 0.6 is 27.7 Å². The summed E-state index contributed by atoms with van der Waals surface area (Å²) in [6.07, 6.45) is 0.671. The van der Waals surface area contributed by atoms with Gasteiger partial charge in [-0.3, -0.25) is 4.79 Å². The minimum Gasteiger partial charge on any atom is -0.374 e. The van der Waals surface area contributed by atoms with E-state index in [0.29, 0.717) is 28.0 Å². The maximum absolute atomic E-state index is 14.9. The van der Waals surface area contributed by atoms with E-state index >= 15 is 0 Å². The first kappa shape index (κ1) is 21.5. The molecule has 0 aromatic heterocycles. The van der Waals surface area contributed by atoms with Crippen LogP contribution in [0.1, 0.15) is 29.3 Å². The maximum atomic E-state index is 14.9. The molecular formula is C22H21BrF2N2O2S. The molecule has 0 radical (unpaired) electrons. The highest BCUT2D eigenvalue weighted by atomic mass is 79.9. The number of nitrogens with one attached hydrogen (secondary N) is 1. The Morgan fingerprint density at radius 1 is 1.30 bits per heavy atom. The quantitative estimate of drug-likeness (QED) is 0.618. The number of aliphatic imine (C=N–C) groups is 1. The largest absolute Gasteiger partial charge is 0.374 e. The van der Waals surface area contributed by atoms with Crippen molar-refractivity contribution in [1.29, 1.82) is 0 Å². The van der Waals surface area contributed by atoms with Crippen LogP contribution in [0.15, 0.2) is 53.5 Å². The number of carbonyl (C=O) groups excluding carboxylic acids is 1. The molecule has 1 fully saturated rings. The lowest BCUT2D eigenvalue weighted by atomic mass is 9.72. The number of amides is 1. The number of thioether (sulfide) groups is 1. The number of ether oxygens (including phenoxy) is 1. The van der Waals surface area contributed by atoms with Crippen LogP contribution < -0.4 is 5.32 Å². The second-order valence-electron chi connectivity index (χ2n) is 7.54. The topological polar surface area (TPSA) is 50.7 Å². The Labute approximate surface area is 186 Å². The van der Waals surface area contributed by atoms with E-state index in [4.69, 9.17) is 9.73 Å². The summed E-state index contributed by atoms with van der Waals surface area (Å²) in [7, 11) is 0. The van der Waals surface area contributed by atoms with E-state index in [9.17, 15) is 13.6 Å². The van der Waals surface area contributed by atoms with E-state index in [-0.39, 0.29) is 29.8 Å². The van der Waals surface area contributed by atoms with Gasteiger partial charge in [-0.05, 0) is 24.6 Å². The monoisotopic (exact) mass is 494 g/mol. The van der Waals surface area contributed by atoms with Gasteiger partial charge >= 0.3 is 0 Å². The molecule has 1 N–H and O–H groups in total. The number of benzene rings is 2. The fraction of sp³-hybridized carbons (Fsp3) is 0.364. The molecule has 0 spiro atoms. The highest BCUT2D eigenvalue weighted by molar-refractivity contribution is 9.09. The van der Waals surface area contributed by atoms with E-state index < -0.39 is 17.2 Å². The molecule has 8 heteroatoms. The molecule has 4 rings (SSSR count). The molecule has 158 valence electrons. The smallest absolute Gasteiger partial charge is 0.257 e. The summed E-state index contributed by atoms with van der Waals surface area (Å²) < 4.78 is 34.5. The molecule has 4 atom stereocenters. The maximum Gasteiger partial charge on any atom is 0.257 e. The Kier molecular flexibility index (Phi) is 6.27. The van der Waals surface area contributed by atoms with Crippen molar-refractivity contribution in [2.75, 3.05) is 11.9 Å². The highest BCUT2D eigenvalue weighted by Gasteiger charge is 2.52. The first-order valence-electron chi connectivity index (χ1n) is 9.69. The normalized spacial score (nSPS) is 28.4. The molecule has 2 heterocycles. The molecule has 30 heavy (non-hydrogen) atoms. The second kappa shape index (κ2) is 8.77. The lowest BCUT2D eigenvalue weighted by Crippen LogP contribution is -2.54. The fourth-order valence-electron chi connectivity index (χ4n) is 4.16. The lowest BCUT2D eigenvalue weighted by Gasteiger charge is -2.49. The summed E-state index contributed by atoms with van der Waals surface area (Å²) in [5.41, 5.74) is -0.224. The van der Waals surface area contributed by atoms with Crippen molar-refractivity contribution < 1.29 is 18.3 Å². The average Bonchev–Trinajstić information content (AvgIpc) is 2.74. The van der Waals surface area contributed by atoms with Crippen LogP contribution in [0.3, 0.4) is 0 Å². The van der Waals surface area contributed by atoms with Gasteiger partial charge in [-0.25, -0.2) is 13.8 Å². The summed E-state index contributed by atoms with van der Waals surface area (Å²) in [5.74, 6) is -1.61. The summed E-state index contributed by atoms with van der Waals surface area (Å²) >= 11 is 4.93. The van der Waals surface area contributed by atoms with Gasteiger partial charge < -0.3 is 10.1 Å². The number of carbonyl (C=O) groups is 1. The number of hydrogen-bond acceptors (Lipinski definition) is 4. The van der Waals surface area contributed by atoms with Crippen molar-refractivity contribution in [1.82, 2.24) is 5.32 Å². The van der Waals surface area contributed by atoms with Crippen molar-refractivity contribution in [2.24, 2.45) is 10.9 Å².